The number of aliphatic hydroxyl groups is 1. The zero-order valence-corrected chi connectivity index (χ0v) is 12.4. The summed E-state index contributed by atoms with van der Waals surface area (Å²) in [5.41, 5.74) is 0.969. The van der Waals surface area contributed by atoms with Crippen LogP contribution < -0.4 is 5.32 Å². The third kappa shape index (κ3) is 4.32. The molecule has 23 heavy (non-hydrogen) atoms. The van der Waals surface area contributed by atoms with E-state index in [0.717, 1.165) is 11.6 Å². The van der Waals surface area contributed by atoms with E-state index in [9.17, 15) is 18.0 Å². The second-order valence-corrected chi connectivity index (χ2v) is 5.19. The van der Waals surface area contributed by atoms with Crippen molar-refractivity contribution in [2.75, 3.05) is 5.32 Å². The molecule has 1 amide bonds. The highest BCUT2D eigenvalue weighted by Crippen LogP contribution is 2.32. The molecule has 2 aromatic rings. The van der Waals surface area contributed by atoms with Crippen molar-refractivity contribution in [3.63, 3.8) is 0 Å². The number of alkyl halides is 3. The number of halogens is 3. The molecule has 2 N–H and O–H groups in total. The van der Waals surface area contributed by atoms with Crippen LogP contribution in [-0.4, -0.2) is 11.0 Å². The van der Waals surface area contributed by atoms with Crippen LogP contribution in [-0.2, 0) is 24.0 Å². The van der Waals surface area contributed by atoms with E-state index in [1.807, 2.05) is 0 Å². The maximum absolute atomic E-state index is 12.9. The van der Waals surface area contributed by atoms with Crippen LogP contribution in [0.4, 0.5) is 18.9 Å². The zero-order chi connectivity index (χ0) is 17.0. The van der Waals surface area contributed by atoms with Gasteiger partial charge in [0.25, 0.3) is 0 Å². The molecule has 0 aliphatic rings. The normalized spacial score (nSPS) is 11.3. The van der Waals surface area contributed by atoms with E-state index in [1.54, 1.807) is 25.1 Å². The van der Waals surface area contributed by atoms with Gasteiger partial charge in [-0.1, -0.05) is 30.3 Å². The maximum Gasteiger partial charge on any atom is 0.416 e. The van der Waals surface area contributed by atoms with Gasteiger partial charge in [0.2, 0.25) is 5.91 Å². The Kier molecular flexibility index (Phi) is 5.05. The maximum atomic E-state index is 12.9. The van der Waals surface area contributed by atoms with Crippen LogP contribution in [0, 0.1) is 6.92 Å². The molecular formula is C17H16F3NO2. The summed E-state index contributed by atoms with van der Waals surface area (Å²) < 4.78 is 38.8. The largest absolute Gasteiger partial charge is 0.416 e. The van der Waals surface area contributed by atoms with Crippen molar-refractivity contribution in [1.29, 1.82) is 0 Å². The molecule has 0 spiro atoms. The molecule has 2 aromatic carbocycles. The van der Waals surface area contributed by atoms with Gasteiger partial charge in [0, 0.05) is 5.69 Å². The van der Waals surface area contributed by atoms with Gasteiger partial charge in [-0.15, -0.1) is 0 Å². The molecule has 0 fully saturated rings. The van der Waals surface area contributed by atoms with Crippen molar-refractivity contribution >= 4 is 11.6 Å². The monoisotopic (exact) mass is 323 g/mol. The van der Waals surface area contributed by atoms with Crippen LogP contribution in [0.25, 0.3) is 0 Å². The minimum atomic E-state index is -4.50. The first-order valence-corrected chi connectivity index (χ1v) is 6.96. The van der Waals surface area contributed by atoms with Crippen molar-refractivity contribution in [1.82, 2.24) is 0 Å². The number of rotatable bonds is 4. The molecule has 122 valence electrons. The average Bonchev–Trinajstić information content (AvgIpc) is 2.49. The van der Waals surface area contributed by atoms with Gasteiger partial charge < -0.3 is 10.4 Å². The molecule has 0 saturated heterocycles. The van der Waals surface area contributed by atoms with Gasteiger partial charge >= 0.3 is 6.18 Å². The Hall–Kier alpha value is -2.34. The fourth-order valence-corrected chi connectivity index (χ4v) is 2.22. The van der Waals surface area contributed by atoms with Crippen LogP contribution in [0.1, 0.15) is 22.3 Å². The van der Waals surface area contributed by atoms with E-state index in [2.05, 4.69) is 5.32 Å². The van der Waals surface area contributed by atoms with Crippen LogP contribution in [0.2, 0.25) is 0 Å². The van der Waals surface area contributed by atoms with Crippen LogP contribution in [0.15, 0.2) is 42.5 Å². The summed E-state index contributed by atoms with van der Waals surface area (Å²) in [5, 5.41) is 11.7. The summed E-state index contributed by atoms with van der Waals surface area (Å²) in [6, 6.07) is 10.0. The Morgan fingerprint density at radius 1 is 1.17 bits per heavy atom. The van der Waals surface area contributed by atoms with E-state index in [1.165, 1.54) is 18.2 Å². The summed E-state index contributed by atoms with van der Waals surface area (Å²) in [7, 11) is 0. The standard InChI is InChI=1S/C17H16F3NO2/c1-11-6-7-12(10-22)8-15(11)21-16(23)9-13-4-2-3-5-14(13)17(18,19)20/h2-8,22H,9-10H2,1H3,(H,21,23). The van der Waals surface area contributed by atoms with E-state index >= 15 is 0 Å². The summed E-state index contributed by atoms with van der Waals surface area (Å²) in [6.45, 7) is 1.58. The molecule has 0 atom stereocenters. The second kappa shape index (κ2) is 6.83. The highest BCUT2D eigenvalue weighted by molar-refractivity contribution is 5.93. The number of hydrogen-bond donors (Lipinski definition) is 2. The highest BCUT2D eigenvalue weighted by atomic mass is 19.4. The fourth-order valence-electron chi connectivity index (χ4n) is 2.22. The van der Waals surface area contributed by atoms with E-state index < -0.39 is 17.6 Å². The Labute approximate surface area is 131 Å². The summed E-state index contributed by atoms with van der Waals surface area (Å²) >= 11 is 0. The lowest BCUT2D eigenvalue weighted by Gasteiger charge is -2.13. The molecule has 0 aliphatic heterocycles. The molecular weight excluding hydrogens is 307 g/mol. The molecule has 0 unspecified atom stereocenters. The first-order chi connectivity index (χ1) is 10.8. The Morgan fingerprint density at radius 2 is 1.87 bits per heavy atom. The summed E-state index contributed by atoms with van der Waals surface area (Å²) in [5.74, 6) is -0.542. The summed E-state index contributed by atoms with van der Waals surface area (Å²) in [4.78, 5) is 12.1. The Balaban J connectivity index is 2.18. The number of amides is 1. The lowest BCUT2D eigenvalue weighted by Crippen LogP contribution is -2.18. The van der Waals surface area contributed by atoms with E-state index in [4.69, 9.17) is 5.11 Å². The van der Waals surface area contributed by atoms with Crippen molar-refractivity contribution in [2.45, 2.75) is 26.1 Å². The van der Waals surface area contributed by atoms with Crippen LogP contribution >= 0.6 is 0 Å². The van der Waals surface area contributed by atoms with Crippen molar-refractivity contribution in [2.24, 2.45) is 0 Å². The van der Waals surface area contributed by atoms with E-state index in [-0.39, 0.29) is 18.6 Å². The molecule has 0 saturated carbocycles. The minimum Gasteiger partial charge on any atom is -0.392 e. The molecule has 0 aliphatic carbocycles. The molecule has 0 aromatic heterocycles. The molecule has 0 radical (unpaired) electrons. The van der Waals surface area contributed by atoms with Crippen molar-refractivity contribution in [3.05, 3.63) is 64.7 Å². The first kappa shape index (κ1) is 17.0. The quantitative estimate of drug-likeness (QED) is 0.901. The number of nitrogens with one attached hydrogen (secondary N) is 1. The van der Waals surface area contributed by atoms with Gasteiger partial charge in [-0.2, -0.15) is 13.2 Å². The Morgan fingerprint density at radius 3 is 2.52 bits per heavy atom. The van der Waals surface area contributed by atoms with Crippen molar-refractivity contribution < 1.29 is 23.1 Å². The van der Waals surface area contributed by atoms with Crippen LogP contribution in [0.5, 0.6) is 0 Å². The Bertz CT molecular complexity index is 711. The number of anilines is 1. The van der Waals surface area contributed by atoms with Gasteiger partial charge in [-0.05, 0) is 35.7 Å². The molecule has 0 bridgehead atoms. The van der Waals surface area contributed by atoms with Gasteiger partial charge in [-0.3, -0.25) is 4.79 Å². The third-order valence-electron chi connectivity index (χ3n) is 3.43. The lowest BCUT2D eigenvalue weighted by atomic mass is 10.0. The predicted octanol–water partition coefficient (Wildman–Crippen LogP) is 3.69. The SMILES string of the molecule is Cc1ccc(CO)cc1NC(=O)Cc1ccccc1C(F)(F)F. The number of carbonyl (C=O) groups is 1. The average molecular weight is 323 g/mol. The van der Waals surface area contributed by atoms with E-state index in [0.29, 0.717) is 11.3 Å². The third-order valence-corrected chi connectivity index (χ3v) is 3.43. The number of aryl methyl sites for hydroxylation is 1. The smallest absolute Gasteiger partial charge is 0.392 e. The van der Waals surface area contributed by atoms with Gasteiger partial charge in [-0.25, -0.2) is 0 Å². The number of aliphatic hydroxyl groups excluding tert-OH is 1. The molecule has 6 heteroatoms. The number of carbonyl (C=O) groups excluding carboxylic acids is 1. The molecule has 3 nitrogen and oxygen atoms in total. The second-order valence-electron chi connectivity index (χ2n) is 5.19. The van der Waals surface area contributed by atoms with Gasteiger partial charge in [0.15, 0.2) is 0 Å². The van der Waals surface area contributed by atoms with Crippen LogP contribution in [0.3, 0.4) is 0 Å². The van der Waals surface area contributed by atoms with Crippen molar-refractivity contribution in [3.8, 4) is 0 Å². The number of hydrogen-bond acceptors (Lipinski definition) is 2. The lowest BCUT2D eigenvalue weighted by molar-refractivity contribution is -0.138. The number of benzene rings is 2. The van der Waals surface area contributed by atoms with Gasteiger partial charge in [0.1, 0.15) is 0 Å². The topological polar surface area (TPSA) is 49.3 Å². The fraction of sp³-hybridized carbons (Fsp3) is 0.235. The van der Waals surface area contributed by atoms with Gasteiger partial charge in [0.05, 0.1) is 18.6 Å². The molecule has 0 heterocycles. The zero-order valence-electron chi connectivity index (χ0n) is 12.4. The minimum absolute atomic E-state index is 0.0755. The highest BCUT2D eigenvalue weighted by Gasteiger charge is 2.33. The summed E-state index contributed by atoms with van der Waals surface area (Å²) in [6.07, 6.45) is -4.87. The predicted molar refractivity (Wildman–Crippen MR) is 80.9 cm³/mol. The first-order valence-electron chi connectivity index (χ1n) is 6.96. The molecule has 2 rings (SSSR count).